The van der Waals surface area contributed by atoms with Crippen LogP contribution in [0, 0.1) is 6.92 Å². The Balaban J connectivity index is 1.67. The highest BCUT2D eigenvalue weighted by molar-refractivity contribution is 5.90. The fraction of sp³-hybridized carbons (Fsp3) is 0.368. The fourth-order valence-corrected chi connectivity index (χ4v) is 3.00. The number of hydrogen-bond donors (Lipinski definition) is 1. The Labute approximate surface area is 142 Å². The van der Waals surface area contributed by atoms with E-state index in [0.29, 0.717) is 17.3 Å². The predicted octanol–water partition coefficient (Wildman–Crippen LogP) is 3.51. The molecule has 5 nitrogen and oxygen atoms in total. The number of pyridine rings is 1. The Morgan fingerprint density at radius 3 is 2.75 bits per heavy atom. The Kier molecular flexibility index (Phi) is 5.11. The van der Waals surface area contributed by atoms with Crippen LogP contribution in [0.15, 0.2) is 42.5 Å². The fourth-order valence-electron chi connectivity index (χ4n) is 3.00. The van der Waals surface area contributed by atoms with Gasteiger partial charge in [0.05, 0.1) is 24.5 Å². The van der Waals surface area contributed by atoms with Crippen LogP contribution >= 0.6 is 0 Å². The first-order chi connectivity index (χ1) is 11.7. The van der Waals surface area contributed by atoms with E-state index in [0.717, 1.165) is 25.3 Å². The van der Waals surface area contributed by atoms with Crippen LogP contribution in [0.2, 0.25) is 0 Å². The molecule has 2 atom stereocenters. The van der Waals surface area contributed by atoms with E-state index in [9.17, 15) is 4.79 Å². The van der Waals surface area contributed by atoms with Crippen molar-refractivity contribution in [3.63, 3.8) is 0 Å². The summed E-state index contributed by atoms with van der Waals surface area (Å²) in [6.07, 6.45) is 1.93. The minimum atomic E-state index is -0.359. The number of hydrogen-bond acceptors (Lipinski definition) is 5. The van der Waals surface area contributed by atoms with Gasteiger partial charge in [-0.25, -0.2) is 9.78 Å². The third kappa shape index (κ3) is 3.74. The Morgan fingerprint density at radius 2 is 2.04 bits per heavy atom. The van der Waals surface area contributed by atoms with Gasteiger partial charge in [0, 0.05) is 12.6 Å². The first-order valence-corrected chi connectivity index (χ1v) is 8.16. The maximum absolute atomic E-state index is 11.6. The molecule has 1 saturated heterocycles. The molecule has 1 aromatic carbocycles. The summed E-state index contributed by atoms with van der Waals surface area (Å²) in [4.78, 5) is 16.1. The van der Waals surface area contributed by atoms with Gasteiger partial charge >= 0.3 is 5.97 Å². The number of nitrogens with zero attached hydrogens (tertiary/aromatic N) is 1. The third-order valence-corrected chi connectivity index (χ3v) is 4.30. The van der Waals surface area contributed by atoms with Crippen molar-refractivity contribution in [3.8, 4) is 0 Å². The van der Waals surface area contributed by atoms with Crippen LogP contribution in [-0.4, -0.2) is 30.7 Å². The Hall–Kier alpha value is -2.40. The van der Waals surface area contributed by atoms with Crippen molar-refractivity contribution in [1.82, 2.24) is 4.98 Å². The van der Waals surface area contributed by atoms with E-state index in [2.05, 4.69) is 22.4 Å². The second kappa shape index (κ2) is 7.45. The summed E-state index contributed by atoms with van der Waals surface area (Å²) in [6, 6.07) is 14.1. The molecule has 2 aromatic rings. The minimum Gasteiger partial charge on any atom is -0.465 e. The van der Waals surface area contributed by atoms with Crippen LogP contribution in [0.4, 0.5) is 5.82 Å². The van der Waals surface area contributed by atoms with Crippen molar-refractivity contribution in [2.45, 2.75) is 31.9 Å². The molecule has 3 rings (SSSR count). The number of benzene rings is 1. The SMILES string of the molecule is COC(=O)c1ccc(NC2CCOC(c3ccccc3)C2)nc1C. The highest BCUT2D eigenvalue weighted by Gasteiger charge is 2.24. The van der Waals surface area contributed by atoms with Crippen LogP contribution in [0.25, 0.3) is 0 Å². The number of methoxy groups -OCH3 is 1. The lowest BCUT2D eigenvalue weighted by molar-refractivity contribution is 0.00974. The molecule has 0 spiro atoms. The molecule has 24 heavy (non-hydrogen) atoms. The van der Waals surface area contributed by atoms with Gasteiger partial charge in [-0.3, -0.25) is 0 Å². The molecule has 126 valence electrons. The van der Waals surface area contributed by atoms with Crippen LogP contribution in [0.3, 0.4) is 0 Å². The van der Waals surface area contributed by atoms with Crippen LogP contribution in [-0.2, 0) is 9.47 Å². The molecule has 0 radical (unpaired) electrons. The van der Waals surface area contributed by atoms with Gasteiger partial charge in [0.2, 0.25) is 0 Å². The zero-order valence-corrected chi connectivity index (χ0v) is 14.0. The van der Waals surface area contributed by atoms with Crippen LogP contribution in [0.1, 0.15) is 40.6 Å². The molecular formula is C19H22N2O3. The lowest BCUT2D eigenvalue weighted by Crippen LogP contribution is -2.30. The number of carbonyl (C=O) groups excluding carboxylic acids is 1. The first-order valence-electron chi connectivity index (χ1n) is 8.16. The van der Waals surface area contributed by atoms with E-state index < -0.39 is 0 Å². The predicted molar refractivity (Wildman–Crippen MR) is 92.1 cm³/mol. The molecule has 0 aliphatic carbocycles. The second-order valence-electron chi connectivity index (χ2n) is 5.96. The van der Waals surface area contributed by atoms with Gasteiger partial charge in [-0.05, 0) is 37.5 Å². The van der Waals surface area contributed by atoms with Gasteiger partial charge in [0.15, 0.2) is 0 Å². The zero-order chi connectivity index (χ0) is 16.9. The van der Waals surface area contributed by atoms with Crippen LogP contribution in [0.5, 0.6) is 0 Å². The van der Waals surface area contributed by atoms with Crippen molar-refractivity contribution in [3.05, 3.63) is 59.3 Å². The zero-order valence-electron chi connectivity index (χ0n) is 14.0. The van der Waals surface area contributed by atoms with E-state index in [1.807, 2.05) is 31.2 Å². The smallest absolute Gasteiger partial charge is 0.339 e. The topological polar surface area (TPSA) is 60.5 Å². The standard InChI is InChI=1S/C19H22N2O3/c1-13-16(19(22)23-2)8-9-18(20-13)21-15-10-11-24-17(12-15)14-6-4-3-5-7-14/h3-9,15,17H,10-12H2,1-2H3,(H,20,21). The molecule has 1 aliphatic heterocycles. The molecule has 1 aromatic heterocycles. The average molecular weight is 326 g/mol. The van der Waals surface area contributed by atoms with Gasteiger partial charge in [0.25, 0.3) is 0 Å². The lowest BCUT2D eigenvalue weighted by Gasteiger charge is -2.30. The molecule has 0 amide bonds. The summed E-state index contributed by atoms with van der Waals surface area (Å²) in [5.41, 5.74) is 2.37. The van der Waals surface area contributed by atoms with Crippen molar-refractivity contribution in [1.29, 1.82) is 0 Å². The number of esters is 1. The largest absolute Gasteiger partial charge is 0.465 e. The van der Waals surface area contributed by atoms with Gasteiger partial charge in [-0.2, -0.15) is 0 Å². The first kappa shape index (κ1) is 16.5. The van der Waals surface area contributed by atoms with Crippen molar-refractivity contribution < 1.29 is 14.3 Å². The number of aryl methyl sites for hydroxylation is 1. The minimum absolute atomic E-state index is 0.105. The van der Waals surface area contributed by atoms with E-state index in [1.54, 1.807) is 6.07 Å². The second-order valence-corrected chi connectivity index (χ2v) is 5.96. The van der Waals surface area contributed by atoms with E-state index in [4.69, 9.17) is 9.47 Å². The molecule has 2 unspecified atom stereocenters. The van der Waals surface area contributed by atoms with Gasteiger partial charge in [-0.15, -0.1) is 0 Å². The normalized spacial score (nSPS) is 20.4. The molecule has 1 aliphatic rings. The number of anilines is 1. The Bertz CT molecular complexity index is 703. The third-order valence-electron chi connectivity index (χ3n) is 4.30. The average Bonchev–Trinajstić information content (AvgIpc) is 2.62. The van der Waals surface area contributed by atoms with Gasteiger partial charge in [-0.1, -0.05) is 30.3 Å². The molecule has 5 heteroatoms. The van der Waals surface area contributed by atoms with E-state index in [-0.39, 0.29) is 12.1 Å². The summed E-state index contributed by atoms with van der Waals surface area (Å²) in [5, 5.41) is 3.46. The monoisotopic (exact) mass is 326 g/mol. The number of ether oxygens (including phenoxy) is 2. The summed E-state index contributed by atoms with van der Waals surface area (Å²) < 4.78 is 10.7. The van der Waals surface area contributed by atoms with Crippen molar-refractivity contribution in [2.24, 2.45) is 0 Å². The summed E-state index contributed by atoms with van der Waals surface area (Å²) in [6.45, 7) is 2.53. The number of aromatic nitrogens is 1. The highest BCUT2D eigenvalue weighted by Crippen LogP contribution is 2.29. The maximum Gasteiger partial charge on any atom is 0.339 e. The maximum atomic E-state index is 11.6. The van der Waals surface area contributed by atoms with E-state index >= 15 is 0 Å². The summed E-state index contributed by atoms with van der Waals surface area (Å²) in [7, 11) is 1.37. The molecule has 1 N–H and O–H groups in total. The summed E-state index contributed by atoms with van der Waals surface area (Å²) in [5.74, 6) is 0.417. The number of carbonyl (C=O) groups is 1. The van der Waals surface area contributed by atoms with Gasteiger partial charge in [0.1, 0.15) is 5.82 Å². The summed E-state index contributed by atoms with van der Waals surface area (Å²) >= 11 is 0. The van der Waals surface area contributed by atoms with E-state index in [1.165, 1.54) is 12.7 Å². The quantitative estimate of drug-likeness (QED) is 0.871. The van der Waals surface area contributed by atoms with Gasteiger partial charge < -0.3 is 14.8 Å². The lowest BCUT2D eigenvalue weighted by atomic mass is 9.97. The molecule has 2 heterocycles. The number of nitrogens with one attached hydrogen (secondary N) is 1. The van der Waals surface area contributed by atoms with Crippen molar-refractivity contribution >= 4 is 11.8 Å². The van der Waals surface area contributed by atoms with Crippen LogP contribution < -0.4 is 5.32 Å². The Morgan fingerprint density at radius 1 is 1.25 bits per heavy atom. The highest BCUT2D eigenvalue weighted by atomic mass is 16.5. The molecular weight excluding hydrogens is 304 g/mol. The molecule has 1 fully saturated rings. The number of rotatable bonds is 4. The molecule has 0 saturated carbocycles. The molecule has 0 bridgehead atoms. The van der Waals surface area contributed by atoms with Crippen molar-refractivity contribution in [2.75, 3.05) is 19.0 Å².